The highest BCUT2D eigenvalue weighted by Crippen LogP contribution is 2.23. The molecule has 0 unspecified atom stereocenters. The Morgan fingerprint density at radius 1 is 0.824 bits per heavy atom. The summed E-state index contributed by atoms with van der Waals surface area (Å²) in [5.74, 6) is 0. The summed E-state index contributed by atoms with van der Waals surface area (Å²) in [7, 11) is 0. The fourth-order valence-electron chi connectivity index (χ4n) is 1.72. The summed E-state index contributed by atoms with van der Waals surface area (Å²) in [6, 6.07) is 0. The van der Waals surface area contributed by atoms with E-state index >= 15 is 0 Å². The zero-order valence-corrected chi connectivity index (χ0v) is 10.1. The summed E-state index contributed by atoms with van der Waals surface area (Å²) >= 11 is 0. The quantitative estimate of drug-likeness (QED) is 0.710. The van der Waals surface area contributed by atoms with Crippen LogP contribution in [-0.4, -0.2) is 0 Å². The van der Waals surface area contributed by atoms with Crippen LogP contribution < -0.4 is 5.32 Å². The van der Waals surface area contributed by atoms with E-state index < -0.39 is 0 Å². The molecule has 0 saturated carbocycles. The lowest BCUT2D eigenvalue weighted by molar-refractivity contribution is 0.947. The van der Waals surface area contributed by atoms with E-state index in [0.717, 1.165) is 6.42 Å². The van der Waals surface area contributed by atoms with Crippen LogP contribution in [0.1, 0.15) is 13.3 Å². The van der Waals surface area contributed by atoms with Gasteiger partial charge in [0.2, 0.25) is 0 Å². The van der Waals surface area contributed by atoms with Crippen molar-refractivity contribution in [3.05, 3.63) is 83.8 Å². The Hall–Kier alpha value is -2.02. The average molecular weight is 223 g/mol. The van der Waals surface area contributed by atoms with Crippen LogP contribution >= 0.6 is 0 Å². The van der Waals surface area contributed by atoms with Crippen LogP contribution in [0.3, 0.4) is 0 Å². The van der Waals surface area contributed by atoms with Crippen molar-refractivity contribution in [2.24, 2.45) is 0 Å². The highest BCUT2D eigenvalue weighted by Gasteiger charge is 2.04. The van der Waals surface area contributed by atoms with Gasteiger partial charge >= 0.3 is 0 Å². The SMILES string of the molecule is C1=CC2=CC=CC2=C1.CCC1=CC=CC=CN1. The summed E-state index contributed by atoms with van der Waals surface area (Å²) in [6.45, 7) is 2.13. The van der Waals surface area contributed by atoms with Gasteiger partial charge in [-0.1, -0.05) is 55.5 Å². The van der Waals surface area contributed by atoms with Crippen molar-refractivity contribution in [2.45, 2.75) is 13.3 Å². The molecule has 0 aromatic carbocycles. The van der Waals surface area contributed by atoms with Gasteiger partial charge in [0.05, 0.1) is 0 Å². The number of fused-ring (bicyclic) bond motifs is 1. The molecule has 0 aromatic heterocycles. The minimum Gasteiger partial charge on any atom is -0.365 e. The summed E-state index contributed by atoms with van der Waals surface area (Å²) < 4.78 is 0. The molecule has 0 amide bonds. The molecule has 2 aliphatic carbocycles. The van der Waals surface area contributed by atoms with Gasteiger partial charge in [-0.2, -0.15) is 0 Å². The number of rotatable bonds is 1. The molecular formula is C16H17N. The normalized spacial score (nSPS) is 18.5. The fraction of sp³-hybridized carbons (Fsp3) is 0.125. The van der Waals surface area contributed by atoms with Crippen molar-refractivity contribution in [1.82, 2.24) is 5.32 Å². The van der Waals surface area contributed by atoms with Crippen molar-refractivity contribution >= 4 is 0 Å². The highest BCUT2D eigenvalue weighted by atomic mass is 14.8. The van der Waals surface area contributed by atoms with E-state index in [9.17, 15) is 0 Å². The second-order valence-electron chi connectivity index (χ2n) is 3.90. The summed E-state index contributed by atoms with van der Waals surface area (Å²) in [6.07, 6.45) is 23.8. The second-order valence-corrected chi connectivity index (χ2v) is 3.90. The Morgan fingerprint density at radius 3 is 2.18 bits per heavy atom. The lowest BCUT2D eigenvalue weighted by Gasteiger charge is -1.98. The Labute approximate surface area is 103 Å². The molecule has 1 nitrogen and oxygen atoms in total. The summed E-state index contributed by atoms with van der Waals surface area (Å²) in [5, 5.41) is 3.15. The standard InChI is InChI=1S/C8H11N.C8H6/c1-2-8-6-4-3-5-7-9-8;1-3-7-5-2-6-8(7)4-1/h3-7,9H,2H2,1H3;1-6H. The Morgan fingerprint density at radius 2 is 1.53 bits per heavy atom. The molecule has 1 heteroatoms. The minimum atomic E-state index is 1.06. The lowest BCUT2D eigenvalue weighted by atomic mass is 10.2. The van der Waals surface area contributed by atoms with Gasteiger partial charge < -0.3 is 5.32 Å². The zero-order valence-electron chi connectivity index (χ0n) is 10.1. The first-order valence-corrected chi connectivity index (χ1v) is 5.96. The third-order valence-corrected chi connectivity index (χ3v) is 2.70. The largest absolute Gasteiger partial charge is 0.365 e. The van der Waals surface area contributed by atoms with E-state index in [4.69, 9.17) is 0 Å². The number of hydrogen-bond acceptors (Lipinski definition) is 1. The first kappa shape index (κ1) is 11.5. The van der Waals surface area contributed by atoms with Crippen LogP contribution in [-0.2, 0) is 0 Å². The molecule has 0 radical (unpaired) electrons. The van der Waals surface area contributed by atoms with E-state index in [1.807, 2.05) is 24.4 Å². The molecule has 0 saturated heterocycles. The van der Waals surface area contributed by atoms with Crippen LogP contribution in [0.5, 0.6) is 0 Å². The Balaban J connectivity index is 0.000000127. The topological polar surface area (TPSA) is 12.0 Å². The van der Waals surface area contributed by atoms with Gasteiger partial charge in [0.25, 0.3) is 0 Å². The first-order chi connectivity index (χ1) is 8.40. The van der Waals surface area contributed by atoms with Gasteiger partial charge in [0.15, 0.2) is 0 Å². The van der Waals surface area contributed by atoms with Gasteiger partial charge in [-0.05, 0) is 29.7 Å². The molecule has 0 atom stereocenters. The van der Waals surface area contributed by atoms with Crippen molar-refractivity contribution < 1.29 is 0 Å². The molecule has 1 aliphatic heterocycles. The predicted molar refractivity (Wildman–Crippen MR) is 74.2 cm³/mol. The third-order valence-electron chi connectivity index (χ3n) is 2.70. The molecule has 86 valence electrons. The van der Waals surface area contributed by atoms with Crippen LogP contribution in [0, 0.1) is 0 Å². The van der Waals surface area contributed by atoms with Gasteiger partial charge in [-0.25, -0.2) is 0 Å². The smallest absolute Gasteiger partial charge is 0.0143 e. The van der Waals surface area contributed by atoms with Crippen LogP contribution in [0.15, 0.2) is 83.8 Å². The third kappa shape index (κ3) is 3.22. The minimum absolute atomic E-state index is 1.06. The maximum absolute atomic E-state index is 3.15. The maximum atomic E-state index is 3.15. The van der Waals surface area contributed by atoms with Crippen LogP contribution in [0.25, 0.3) is 0 Å². The van der Waals surface area contributed by atoms with Crippen LogP contribution in [0.4, 0.5) is 0 Å². The highest BCUT2D eigenvalue weighted by molar-refractivity contribution is 5.59. The summed E-state index contributed by atoms with van der Waals surface area (Å²) in [5.41, 5.74) is 3.97. The molecule has 0 bridgehead atoms. The zero-order chi connectivity index (χ0) is 11.9. The molecule has 1 heterocycles. The van der Waals surface area contributed by atoms with Crippen molar-refractivity contribution in [1.29, 1.82) is 0 Å². The first-order valence-electron chi connectivity index (χ1n) is 5.96. The number of nitrogens with one attached hydrogen (secondary N) is 1. The van der Waals surface area contributed by atoms with E-state index in [0.29, 0.717) is 0 Å². The monoisotopic (exact) mass is 223 g/mol. The van der Waals surface area contributed by atoms with Gasteiger partial charge in [0, 0.05) is 11.9 Å². The number of allylic oxidation sites excluding steroid dienone is 13. The maximum Gasteiger partial charge on any atom is 0.0143 e. The molecule has 0 fully saturated rings. The van der Waals surface area contributed by atoms with Crippen LogP contribution in [0.2, 0.25) is 0 Å². The predicted octanol–water partition coefficient (Wildman–Crippen LogP) is 3.93. The van der Waals surface area contributed by atoms with Gasteiger partial charge in [0.1, 0.15) is 0 Å². The summed E-state index contributed by atoms with van der Waals surface area (Å²) in [4.78, 5) is 0. The Kier molecular flexibility index (Phi) is 3.98. The van der Waals surface area contributed by atoms with Crippen molar-refractivity contribution in [2.75, 3.05) is 0 Å². The molecule has 3 rings (SSSR count). The molecule has 0 spiro atoms. The molecule has 0 aromatic rings. The molecule has 1 N–H and O–H groups in total. The molecular weight excluding hydrogens is 206 g/mol. The van der Waals surface area contributed by atoms with E-state index in [1.165, 1.54) is 16.8 Å². The second kappa shape index (κ2) is 5.90. The molecule has 17 heavy (non-hydrogen) atoms. The fourth-order valence-corrected chi connectivity index (χ4v) is 1.72. The van der Waals surface area contributed by atoms with Crippen molar-refractivity contribution in [3.63, 3.8) is 0 Å². The Bertz CT molecular complexity index is 454. The lowest BCUT2D eigenvalue weighted by Crippen LogP contribution is -2.01. The average Bonchev–Trinajstić information content (AvgIpc) is 2.86. The van der Waals surface area contributed by atoms with Gasteiger partial charge in [-0.15, -0.1) is 0 Å². The molecule has 3 aliphatic rings. The van der Waals surface area contributed by atoms with E-state index in [2.05, 4.69) is 54.8 Å². The van der Waals surface area contributed by atoms with Crippen molar-refractivity contribution in [3.8, 4) is 0 Å². The van der Waals surface area contributed by atoms with E-state index in [1.54, 1.807) is 0 Å². The number of hydrogen-bond donors (Lipinski definition) is 1. The van der Waals surface area contributed by atoms with E-state index in [-0.39, 0.29) is 0 Å². The van der Waals surface area contributed by atoms with Gasteiger partial charge in [-0.3, -0.25) is 0 Å².